The molecule has 37 heavy (non-hydrogen) atoms. The molecule has 1 amide bonds. The number of esters is 1. The second kappa shape index (κ2) is 12.8. The quantitative estimate of drug-likeness (QED) is 0.380. The monoisotopic (exact) mass is 509 g/mol. The number of carbonyl (C=O) groups excluding carboxylic acids is 2. The highest BCUT2D eigenvalue weighted by molar-refractivity contribution is 5.89. The van der Waals surface area contributed by atoms with Gasteiger partial charge < -0.3 is 23.8 Å². The molecule has 0 radical (unpaired) electrons. The van der Waals surface area contributed by atoms with Crippen LogP contribution < -0.4 is 14.2 Å². The lowest BCUT2D eigenvalue weighted by Crippen LogP contribution is -2.42. The van der Waals surface area contributed by atoms with Crippen LogP contribution in [0.2, 0.25) is 0 Å². The fourth-order valence-corrected chi connectivity index (χ4v) is 5.53. The first-order valence-electron chi connectivity index (χ1n) is 13.5. The van der Waals surface area contributed by atoms with E-state index in [0.29, 0.717) is 54.9 Å². The number of amides is 1. The summed E-state index contributed by atoms with van der Waals surface area (Å²) in [6, 6.07) is 10.7. The maximum absolute atomic E-state index is 13.5. The van der Waals surface area contributed by atoms with E-state index in [4.69, 9.17) is 18.9 Å². The van der Waals surface area contributed by atoms with Crippen molar-refractivity contribution in [1.82, 2.24) is 4.90 Å². The fourth-order valence-electron chi connectivity index (χ4n) is 5.53. The van der Waals surface area contributed by atoms with Gasteiger partial charge in [0, 0.05) is 13.0 Å². The average Bonchev–Trinajstić information content (AvgIpc) is 2.94. The van der Waals surface area contributed by atoms with E-state index in [2.05, 4.69) is 0 Å². The van der Waals surface area contributed by atoms with Crippen molar-refractivity contribution in [3.63, 3.8) is 0 Å². The van der Waals surface area contributed by atoms with Gasteiger partial charge >= 0.3 is 5.97 Å². The van der Waals surface area contributed by atoms with Crippen molar-refractivity contribution < 1.29 is 28.5 Å². The molecule has 1 unspecified atom stereocenters. The van der Waals surface area contributed by atoms with Crippen LogP contribution in [0.1, 0.15) is 79.4 Å². The minimum atomic E-state index is -0.356. The summed E-state index contributed by atoms with van der Waals surface area (Å²) in [5.41, 5.74) is 2.65. The largest absolute Gasteiger partial charge is 0.493 e. The van der Waals surface area contributed by atoms with Crippen LogP contribution in [0.15, 0.2) is 36.4 Å². The summed E-state index contributed by atoms with van der Waals surface area (Å²) in [6.07, 6.45) is 8.64. The summed E-state index contributed by atoms with van der Waals surface area (Å²) in [5, 5.41) is 0. The molecular weight excluding hydrogens is 470 g/mol. The fraction of sp³-hybridized carbons (Fsp3) is 0.533. The molecule has 4 rings (SSSR count). The van der Waals surface area contributed by atoms with Crippen molar-refractivity contribution >= 4 is 11.9 Å². The molecule has 7 heteroatoms. The van der Waals surface area contributed by atoms with Crippen molar-refractivity contribution in [3.8, 4) is 17.2 Å². The van der Waals surface area contributed by atoms with Gasteiger partial charge in [0.15, 0.2) is 11.5 Å². The minimum Gasteiger partial charge on any atom is -0.493 e. The molecule has 0 bridgehead atoms. The Balaban J connectivity index is 1.52. The molecule has 2 aromatic carbocycles. The second-order valence-electron chi connectivity index (χ2n) is 9.86. The Bertz CT molecular complexity index is 1060. The van der Waals surface area contributed by atoms with E-state index >= 15 is 0 Å². The van der Waals surface area contributed by atoms with Gasteiger partial charge in [-0.3, -0.25) is 4.79 Å². The molecule has 1 saturated carbocycles. The molecule has 2 aromatic rings. The van der Waals surface area contributed by atoms with E-state index in [1.54, 1.807) is 45.4 Å². The third kappa shape index (κ3) is 6.56. The Hall–Kier alpha value is -3.22. The van der Waals surface area contributed by atoms with Gasteiger partial charge in [-0.1, -0.05) is 32.1 Å². The Kier molecular flexibility index (Phi) is 9.31. The number of methoxy groups -OCH3 is 2. The van der Waals surface area contributed by atoms with Gasteiger partial charge in [0.25, 0.3) is 0 Å². The zero-order valence-electron chi connectivity index (χ0n) is 22.3. The van der Waals surface area contributed by atoms with Crippen LogP contribution in [0.25, 0.3) is 0 Å². The number of rotatable bonds is 10. The molecule has 1 heterocycles. The number of fused-ring (bicyclic) bond motifs is 1. The van der Waals surface area contributed by atoms with Crippen molar-refractivity contribution in [2.24, 2.45) is 5.92 Å². The highest BCUT2D eigenvalue weighted by Crippen LogP contribution is 2.39. The Morgan fingerprint density at radius 3 is 2.35 bits per heavy atom. The van der Waals surface area contributed by atoms with Crippen LogP contribution >= 0.6 is 0 Å². The standard InChI is InChI=1S/C30H39NO6/c1-4-36-30(33)22-11-13-24(14-12-22)37-20-26-25-19-28(35-3)27(34-2)18-23(25)16-17-31(26)29(32)15-10-21-8-6-5-7-9-21/h11-14,18-19,21,26H,4-10,15-17,20H2,1-3H3. The average molecular weight is 510 g/mol. The second-order valence-corrected chi connectivity index (χ2v) is 9.86. The third-order valence-electron chi connectivity index (χ3n) is 7.59. The number of carbonyl (C=O) groups is 2. The van der Waals surface area contributed by atoms with Crippen LogP contribution in [-0.4, -0.2) is 50.8 Å². The van der Waals surface area contributed by atoms with Crippen LogP contribution in [-0.2, 0) is 16.0 Å². The summed E-state index contributed by atoms with van der Waals surface area (Å²) >= 11 is 0. The molecule has 1 fully saturated rings. The molecule has 2 aliphatic rings. The molecular formula is C30H39NO6. The smallest absolute Gasteiger partial charge is 0.338 e. The van der Waals surface area contributed by atoms with Crippen molar-refractivity contribution in [1.29, 1.82) is 0 Å². The normalized spacial score (nSPS) is 17.6. The molecule has 1 atom stereocenters. The van der Waals surface area contributed by atoms with Gasteiger partial charge in [-0.05, 0) is 73.2 Å². The first-order chi connectivity index (χ1) is 18.0. The zero-order chi connectivity index (χ0) is 26.2. The van der Waals surface area contributed by atoms with Crippen LogP contribution in [0.3, 0.4) is 0 Å². The highest BCUT2D eigenvalue weighted by atomic mass is 16.5. The first kappa shape index (κ1) is 26.8. The molecule has 1 aliphatic carbocycles. The van der Waals surface area contributed by atoms with E-state index in [1.807, 2.05) is 17.0 Å². The molecule has 0 N–H and O–H groups in total. The lowest BCUT2D eigenvalue weighted by Gasteiger charge is -2.38. The number of hydrogen-bond acceptors (Lipinski definition) is 6. The number of benzene rings is 2. The van der Waals surface area contributed by atoms with Gasteiger partial charge in [0.1, 0.15) is 12.4 Å². The lowest BCUT2D eigenvalue weighted by atomic mass is 9.85. The van der Waals surface area contributed by atoms with Crippen molar-refractivity contribution in [2.45, 2.75) is 64.3 Å². The van der Waals surface area contributed by atoms with E-state index in [9.17, 15) is 9.59 Å². The van der Waals surface area contributed by atoms with Gasteiger partial charge in [0.05, 0.1) is 32.4 Å². The van der Waals surface area contributed by atoms with Crippen LogP contribution in [0.5, 0.6) is 17.2 Å². The Morgan fingerprint density at radius 1 is 0.973 bits per heavy atom. The Labute approximate surface area is 220 Å². The first-order valence-corrected chi connectivity index (χ1v) is 13.5. The third-order valence-corrected chi connectivity index (χ3v) is 7.59. The predicted octanol–water partition coefficient (Wildman–Crippen LogP) is 5.75. The summed E-state index contributed by atoms with van der Waals surface area (Å²) in [5.74, 6) is 2.44. The van der Waals surface area contributed by atoms with Crippen LogP contribution in [0, 0.1) is 5.92 Å². The molecule has 0 spiro atoms. The van der Waals surface area contributed by atoms with Crippen LogP contribution in [0.4, 0.5) is 0 Å². The molecule has 0 saturated heterocycles. The topological polar surface area (TPSA) is 74.3 Å². The summed E-state index contributed by atoms with van der Waals surface area (Å²) in [6.45, 7) is 3.05. The van der Waals surface area contributed by atoms with E-state index in [0.717, 1.165) is 24.0 Å². The summed E-state index contributed by atoms with van der Waals surface area (Å²) < 4.78 is 22.3. The SMILES string of the molecule is CCOC(=O)c1ccc(OCC2c3cc(OC)c(OC)cc3CCN2C(=O)CCC2CCCCC2)cc1. The van der Waals surface area contributed by atoms with Crippen molar-refractivity contribution in [3.05, 3.63) is 53.1 Å². The molecule has 200 valence electrons. The summed E-state index contributed by atoms with van der Waals surface area (Å²) in [7, 11) is 3.26. The van der Waals surface area contributed by atoms with E-state index < -0.39 is 0 Å². The van der Waals surface area contributed by atoms with Gasteiger partial charge in [-0.25, -0.2) is 4.79 Å². The Morgan fingerprint density at radius 2 is 1.68 bits per heavy atom. The number of ether oxygens (including phenoxy) is 4. The molecule has 0 aromatic heterocycles. The highest BCUT2D eigenvalue weighted by Gasteiger charge is 2.33. The van der Waals surface area contributed by atoms with Gasteiger partial charge in [-0.2, -0.15) is 0 Å². The number of hydrogen-bond donors (Lipinski definition) is 0. The lowest BCUT2D eigenvalue weighted by molar-refractivity contribution is -0.135. The molecule has 7 nitrogen and oxygen atoms in total. The maximum Gasteiger partial charge on any atom is 0.338 e. The van der Waals surface area contributed by atoms with E-state index in [-0.39, 0.29) is 17.9 Å². The molecule has 1 aliphatic heterocycles. The van der Waals surface area contributed by atoms with Crippen molar-refractivity contribution in [2.75, 3.05) is 34.0 Å². The summed E-state index contributed by atoms with van der Waals surface area (Å²) in [4.78, 5) is 27.4. The van der Waals surface area contributed by atoms with Gasteiger partial charge in [0.2, 0.25) is 5.91 Å². The predicted molar refractivity (Wildman–Crippen MR) is 141 cm³/mol. The van der Waals surface area contributed by atoms with Gasteiger partial charge in [-0.15, -0.1) is 0 Å². The zero-order valence-corrected chi connectivity index (χ0v) is 22.3. The maximum atomic E-state index is 13.5. The number of nitrogens with zero attached hydrogens (tertiary/aromatic N) is 1. The minimum absolute atomic E-state index is 0.178. The van der Waals surface area contributed by atoms with E-state index in [1.165, 1.54) is 32.1 Å².